The van der Waals surface area contributed by atoms with Crippen molar-refractivity contribution in [3.63, 3.8) is 0 Å². The first kappa shape index (κ1) is 20.7. The predicted molar refractivity (Wildman–Crippen MR) is 120 cm³/mol. The molecule has 2 aromatic rings. The summed E-state index contributed by atoms with van der Waals surface area (Å²) in [5, 5.41) is 15.5. The van der Waals surface area contributed by atoms with E-state index in [-0.39, 0.29) is 6.04 Å². The van der Waals surface area contributed by atoms with Gasteiger partial charge in [-0.3, -0.25) is 0 Å². The maximum atomic E-state index is 5.68. The molecule has 1 unspecified atom stereocenters. The molecule has 8 heteroatoms. The molecule has 1 aliphatic carbocycles. The molecule has 0 bridgehead atoms. The lowest BCUT2D eigenvalue weighted by Crippen LogP contribution is -2.54. The monoisotopic (exact) mass is 425 g/mol. The van der Waals surface area contributed by atoms with E-state index in [9.17, 15) is 0 Å². The fourth-order valence-corrected chi connectivity index (χ4v) is 5.30. The van der Waals surface area contributed by atoms with Gasteiger partial charge in [0.15, 0.2) is 0 Å². The van der Waals surface area contributed by atoms with Crippen LogP contribution in [0.15, 0.2) is 4.42 Å². The number of nitrogens with one attached hydrogen (secondary N) is 2. The summed E-state index contributed by atoms with van der Waals surface area (Å²) >= 11 is 0. The highest BCUT2D eigenvalue weighted by molar-refractivity contribution is 5.53. The van der Waals surface area contributed by atoms with E-state index in [2.05, 4.69) is 39.6 Å². The minimum absolute atomic E-state index is 0.203. The second kappa shape index (κ2) is 8.37. The summed E-state index contributed by atoms with van der Waals surface area (Å²) in [4.78, 5) is 12.6. The highest BCUT2D eigenvalue weighted by Gasteiger charge is 2.43. The topological polar surface area (TPSA) is 92.0 Å². The molecule has 5 rings (SSSR count). The molecular formula is C23H35N7O. The molecule has 2 aromatic heterocycles. The predicted octanol–water partition coefficient (Wildman–Crippen LogP) is 2.92. The van der Waals surface area contributed by atoms with Crippen LogP contribution in [0, 0.1) is 18.3 Å². The number of fused-ring (bicyclic) bond motifs is 1. The van der Waals surface area contributed by atoms with E-state index in [1.807, 2.05) is 6.92 Å². The van der Waals surface area contributed by atoms with Crippen molar-refractivity contribution in [3.8, 4) is 0 Å². The van der Waals surface area contributed by atoms with Crippen LogP contribution in [-0.2, 0) is 19.3 Å². The summed E-state index contributed by atoms with van der Waals surface area (Å²) in [5.41, 5.74) is 2.98. The Hall–Kier alpha value is -2.22. The molecule has 2 N–H and O–H groups in total. The second-order valence-electron chi connectivity index (χ2n) is 10.2. The van der Waals surface area contributed by atoms with Gasteiger partial charge in [0, 0.05) is 56.5 Å². The molecule has 168 valence electrons. The van der Waals surface area contributed by atoms with E-state index < -0.39 is 0 Å². The molecule has 0 radical (unpaired) electrons. The number of anilines is 2. The molecule has 3 aliphatic rings. The number of aryl methyl sites for hydroxylation is 2. The minimum Gasteiger partial charge on any atom is -0.426 e. The lowest BCUT2D eigenvalue weighted by atomic mass is 9.81. The van der Waals surface area contributed by atoms with Crippen molar-refractivity contribution in [1.82, 2.24) is 25.5 Å². The fraction of sp³-hybridized carbons (Fsp3) is 0.739. The van der Waals surface area contributed by atoms with Gasteiger partial charge < -0.3 is 20.0 Å². The first-order valence-electron chi connectivity index (χ1n) is 11.9. The van der Waals surface area contributed by atoms with Gasteiger partial charge in [-0.2, -0.15) is 4.98 Å². The number of hydrogen-bond acceptors (Lipinski definition) is 8. The molecule has 1 atom stereocenters. The normalized spacial score (nSPS) is 20.7. The zero-order valence-electron chi connectivity index (χ0n) is 19.1. The van der Waals surface area contributed by atoms with Gasteiger partial charge in [-0.1, -0.05) is 13.8 Å². The van der Waals surface area contributed by atoms with Gasteiger partial charge in [0.1, 0.15) is 5.82 Å². The molecule has 1 spiro atoms. The zero-order valence-corrected chi connectivity index (χ0v) is 19.1. The fourth-order valence-electron chi connectivity index (χ4n) is 5.30. The average Bonchev–Trinajstić information content (AvgIpc) is 3.34. The molecule has 2 fully saturated rings. The Labute approximate surface area is 184 Å². The van der Waals surface area contributed by atoms with Crippen LogP contribution in [0.1, 0.15) is 62.6 Å². The molecule has 2 aliphatic heterocycles. The highest BCUT2D eigenvalue weighted by atomic mass is 16.4. The zero-order chi connectivity index (χ0) is 21.4. The number of hydrogen-bond donors (Lipinski definition) is 2. The quantitative estimate of drug-likeness (QED) is 0.700. The van der Waals surface area contributed by atoms with Gasteiger partial charge in [-0.25, -0.2) is 4.98 Å². The van der Waals surface area contributed by atoms with Gasteiger partial charge in [0.25, 0.3) is 0 Å². The standard InChI is InChI=1S/C23H35N7O/c1-15(2)10-17(11-20-29-28-16(3)31-20)25-21-18-6-4-5-7-19(18)26-22(27-21)30-9-8-23(14-30)12-24-13-23/h15,17,24H,4-14H2,1-3H3,(H,25,26,27). The number of rotatable bonds is 7. The first-order valence-corrected chi connectivity index (χ1v) is 11.9. The van der Waals surface area contributed by atoms with Crippen LogP contribution >= 0.6 is 0 Å². The number of nitrogens with zero attached hydrogens (tertiary/aromatic N) is 5. The van der Waals surface area contributed by atoms with Crippen LogP contribution in [0.2, 0.25) is 0 Å². The third kappa shape index (κ3) is 4.40. The molecule has 0 aromatic carbocycles. The smallest absolute Gasteiger partial charge is 0.227 e. The van der Waals surface area contributed by atoms with Gasteiger partial charge in [0.05, 0.1) is 5.69 Å². The van der Waals surface area contributed by atoms with Gasteiger partial charge in [0.2, 0.25) is 17.7 Å². The van der Waals surface area contributed by atoms with Gasteiger partial charge >= 0.3 is 0 Å². The summed E-state index contributed by atoms with van der Waals surface area (Å²) in [6.45, 7) is 10.7. The Balaban J connectivity index is 1.41. The molecule has 31 heavy (non-hydrogen) atoms. The van der Waals surface area contributed by atoms with Crippen LogP contribution < -0.4 is 15.5 Å². The largest absolute Gasteiger partial charge is 0.426 e. The van der Waals surface area contributed by atoms with Crippen molar-refractivity contribution in [2.75, 3.05) is 36.4 Å². The van der Waals surface area contributed by atoms with E-state index in [4.69, 9.17) is 14.4 Å². The molecular weight excluding hydrogens is 390 g/mol. The summed E-state index contributed by atoms with van der Waals surface area (Å²) < 4.78 is 5.68. The van der Waals surface area contributed by atoms with Crippen LogP contribution in [0.3, 0.4) is 0 Å². The van der Waals surface area contributed by atoms with E-state index in [0.717, 1.165) is 57.2 Å². The van der Waals surface area contributed by atoms with Crippen LogP contribution in [0.5, 0.6) is 0 Å². The lowest BCUT2D eigenvalue weighted by molar-refractivity contribution is 0.199. The molecule has 8 nitrogen and oxygen atoms in total. The Morgan fingerprint density at radius 3 is 2.68 bits per heavy atom. The van der Waals surface area contributed by atoms with Crippen molar-refractivity contribution in [2.45, 2.75) is 71.8 Å². The van der Waals surface area contributed by atoms with Crippen molar-refractivity contribution in [1.29, 1.82) is 0 Å². The van der Waals surface area contributed by atoms with Crippen molar-refractivity contribution >= 4 is 11.8 Å². The van der Waals surface area contributed by atoms with Gasteiger partial charge in [-0.15, -0.1) is 10.2 Å². The summed E-state index contributed by atoms with van der Waals surface area (Å²) in [7, 11) is 0. The molecule has 4 heterocycles. The van der Waals surface area contributed by atoms with Crippen molar-refractivity contribution in [3.05, 3.63) is 23.0 Å². The highest BCUT2D eigenvalue weighted by Crippen LogP contribution is 2.37. The Morgan fingerprint density at radius 1 is 1.16 bits per heavy atom. The SMILES string of the molecule is Cc1nnc(CC(CC(C)C)Nc2nc(N3CCC4(CNC4)C3)nc3c2CCCC3)o1. The van der Waals surface area contributed by atoms with Crippen LogP contribution in [0.4, 0.5) is 11.8 Å². The maximum Gasteiger partial charge on any atom is 0.227 e. The number of aromatic nitrogens is 4. The van der Waals surface area contributed by atoms with Crippen molar-refractivity contribution in [2.24, 2.45) is 11.3 Å². The summed E-state index contributed by atoms with van der Waals surface area (Å²) in [5.74, 6) is 3.80. The Kier molecular flexibility index (Phi) is 5.58. The minimum atomic E-state index is 0.203. The average molecular weight is 426 g/mol. The van der Waals surface area contributed by atoms with Crippen LogP contribution in [-0.4, -0.2) is 52.4 Å². The van der Waals surface area contributed by atoms with E-state index in [1.165, 1.54) is 30.5 Å². The van der Waals surface area contributed by atoms with Gasteiger partial charge in [-0.05, 0) is 44.4 Å². The Bertz CT molecular complexity index is 921. The second-order valence-corrected chi connectivity index (χ2v) is 10.2. The molecule has 0 saturated carbocycles. The third-order valence-electron chi connectivity index (χ3n) is 6.98. The first-order chi connectivity index (χ1) is 15.0. The molecule has 0 amide bonds. The van der Waals surface area contributed by atoms with Crippen molar-refractivity contribution < 1.29 is 4.42 Å². The summed E-state index contributed by atoms with van der Waals surface area (Å²) in [6.07, 6.45) is 7.50. The van der Waals surface area contributed by atoms with E-state index >= 15 is 0 Å². The van der Waals surface area contributed by atoms with Crippen LogP contribution in [0.25, 0.3) is 0 Å². The lowest BCUT2D eigenvalue weighted by Gasteiger charge is -2.39. The van der Waals surface area contributed by atoms with E-state index in [0.29, 0.717) is 29.5 Å². The summed E-state index contributed by atoms with van der Waals surface area (Å²) in [6, 6.07) is 0.203. The van der Waals surface area contributed by atoms with E-state index in [1.54, 1.807) is 0 Å². The maximum absolute atomic E-state index is 5.68. The Morgan fingerprint density at radius 2 is 2.00 bits per heavy atom. The molecule has 2 saturated heterocycles. The third-order valence-corrected chi connectivity index (χ3v) is 6.98.